The Balaban J connectivity index is 1.10. The summed E-state index contributed by atoms with van der Waals surface area (Å²) in [5.41, 5.74) is -0.0126. The number of anilines is 2. The number of hydrogen-bond donors (Lipinski definition) is 2. The van der Waals surface area contributed by atoms with Gasteiger partial charge in [-0.2, -0.15) is 0 Å². The third-order valence-corrected chi connectivity index (χ3v) is 8.37. The predicted molar refractivity (Wildman–Crippen MR) is 128 cm³/mol. The molecule has 7 rings (SSSR count). The predicted octanol–water partition coefficient (Wildman–Crippen LogP) is 3.13. The average Bonchev–Trinajstić information content (AvgIpc) is 2.81. The quantitative estimate of drug-likeness (QED) is 0.719. The van der Waals surface area contributed by atoms with E-state index in [-0.39, 0.29) is 11.9 Å². The number of aliphatic hydroxyl groups is 1. The highest BCUT2D eigenvalue weighted by Crippen LogP contribution is 2.55. The van der Waals surface area contributed by atoms with Crippen molar-refractivity contribution in [2.24, 2.45) is 17.8 Å². The van der Waals surface area contributed by atoms with Crippen molar-refractivity contribution in [3.8, 4) is 0 Å². The molecule has 2 unspecified atom stereocenters. The van der Waals surface area contributed by atoms with Crippen molar-refractivity contribution in [3.05, 3.63) is 47.2 Å². The summed E-state index contributed by atoms with van der Waals surface area (Å²) in [4.78, 5) is 26.7. The standard InChI is InChI=1S/C25H30ClN5O2/c26-19-4-5-21(27-15-19)30-6-8-31(9-7-30)22-3-1-2-20(28-22)24(32)29-23-17-10-16-11-18(23)14-25(33,12-16)13-17/h1-5,15-18,23,33H,6-14H2,(H,29,32). The fourth-order valence-electron chi connectivity index (χ4n) is 6.89. The summed E-state index contributed by atoms with van der Waals surface area (Å²) in [7, 11) is 0. The number of aromatic nitrogens is 2. The van der Waals surface area contributed by atoms with Crippen molar-refractivity contribution in [1.82, 2.24) is 15.3 Å². The number of piperazine rings is 1. The van der Waals surface area contributed by atoms with E-state index in [0.717, 1.165) is 69.9 Å². The molecule has 2 aromatic rings. The topological polar surface area (TPSA) is 81.6 Å². The molecular formula is C25H30ClN5O2. The van der Waals surface area contributed by atoms with Gasteiger partial charge in [0.2, 0.25) is 0 Å². The van der Waals surface area contributed by atoms with E-state index in [1.165, 1.54) is 0 Å². The van der Waals surface area contributed by atoms with E-state index in [0.29, 0.717) is 28.5 Å². The lowest BCUT2D eigenvalue weighted by Crippen LogP contribution is -2.61. The summed E-state index contributed by atoms with van der Waals surface area (Å²) >= 11 is 5.96. The zero-order chi connectivity index (χ0) is 22.6. The molecule has 1 saturated heterocycles. The van der Waals surface area contributed by atoms with Crippen molar-refractivity contribution < 1.29 is 9.90 Å². The van der Waals surface area contributed by atoms with Gasteiger partial charge in [0.25, 0.3) is 5.91 Å². The molecule has 5 aliphatic rings. The van der Waals surface area contributed by atoms with Crippen LogP contribution < -0.4 is 15.1 Å². The first-order chi connectivity index (χ1) is 16.0. The van der Waals surface area contributed by atoms with E-state index in [2.05, 4.69) is 20.1 Å². The maximum absolute atomic E-state index is 13.1. The maximum Gasteiger partial charge on any atom is 0.270 e. The van der Waals surface area contributed by atoms with E-state index in [9.17, 15) is 9.90 Å². The Morgan fingerprint density at radius 3 is 2.33 bits per heavy atom. The summed E-state index contributed by atoms with van der Waals surface area (Å²) in [6, 6.07) is 9.68. The molecule has 3 heterocycles. The minimum Gasteiger partial charge on any atom is -0.390 e. The molecule has 4 saturated carbocycles. The molecule has 0 aromatic carbocycles. The lowest BCUT2D eigenvalue weighted by Gasteiger charge is -2.58. The number of halogens is 1. The van der Waals surface area contributed by atoms with Crippen LogP contribution in [0.15, 0.2) is 36.5 Å². The molecule has 33 heavy (non-hydrogen) atoms. The third-order valence-electron chi connectivity index (χ3n) is 8.15. The Hall–Kier alpha value is -2.38. The molecule has 2 atom stereocenters. The molecule has 7 nitrogen and oxygen atoms in total. The molecule has 4 aliphatic carbocycles. The summed E-state index contributed by atoms with van der Waals surface area (Å²) < 4.78 is 0. The van der Waals surface area contributed by atoms with Gasteiger partial charge < -0.3 is 20.2 Å². The number of carbonyl (C=O) groups excluding carboxylic acids is 1. The van der Waals surface area contributed by atoms with Crippen LogP contribution >= 0.6 is 11.6 Å². The van der Waals surface area contributed by atoms with Gasteiger partial charge in [-0.05, 0) is 74.1 Å². The summed E-state index contributed by atoms with van der Waals surface area (Å²) in [6.45, 7) is 3.30. The van der Waals surface area contributed by atoms with Crippen LogP contribution in [-0.4, -0.2) is 58.8 Å². The van der Waals surface area contributed by atoms with Gasteiger partial charge in [0, 0.05) is 38.4 Å². The average molecular weight is 468 g/mol. The van der Waals surface area contributed by atoms with Gasteiger partial charge in [0.05, 0.1) is 10.6 Å². The first kappa shape index (κ1) is 21.2. The Labute approximate surface area is 199 Å². The van der Waals surface area contributed by atoms with E-state index >= 15 is 0 Å². The number of amides is 1. The molecule has 1 aliphatic heterocycles. The maximum atomic E-state index is 13.1. The first-order valence-corrected chi connectivity index (χ1v) is 12.5. The van der Waals surface area contributed by atoms with Crippen LogP contribution in [0.4, 0.5) is 11.6 Å². The number of nitrogens with one attached hydrogen (secondary N) is 1. The van der Waals surface area contributed by atoms with Crippen LogP contribution in [0.3, 0.4) is 0 Å². The number of hydrogen-bond acceptors (Lipinski definition) is 6. The van der Waals surface area contributed by atoms with Crippen molar-refractivity contribution in [1.29, 1.82) is 0 Å². The highest BCUT2D eigenvalue weighted by Gasteiger charge is 2.55. The first-order valence-electron chi connectivity index (χ1n) is 12.1. The number of nitrogens with zero attached hydrogens (tertiary/aromatic N) is 4. The molecule has 5 fully saturated rings. The van der Waals surface area contributed by atoms with Gasteiger partial charge in [-0.3, -0.25) is 4.79 Å². The van der Waals surface area contributed by atoms with Gasteiger partial charge in [0.1, 0.15) is 17.3 Å². The lowest BCUT2D eigenvalue weighted by atomic mass is 9.52. The largest absolute Gasteiger partial charge is 0.390 e. The molecule has 2 aromatic heterocycles. The highest BCUT2D eigenvalue weighted by molar-refractivity contribution is 6.30. The second kappa shape index (κ2) is 8.13. The number of carbonyl (C=O) groups is 1. The van der Waals surface area contributed by atoms with Gasteiger partial charge >= 0.3 is 0 Å². The zero-order valence-electron chi connectivity index (χ0n) is 18.7. The Morgan fingerprint density at radius 2 is 1.70 bits per heavy atom. The molecular weight excluding hydrogens is 438 g/mol. The molecule has 1 amide bonds. The fourth-order valence-corrected chi connectivity index (χ4v) is 7.00. The summed E-state index contributed by atoms with van der Waals surface area (Å²) in [5, 5.41) is 14.8. The second-order valence-electron chi connectivity index (χ2n) is 10.4. The number of pyridine rings is 2. The molecule has 0 radical (unpaired) electrons. The van der Waals surface area contributed by atoms with Crippen molar-refractivity contribution in [3.63, 3.8) is 0 Å². The van der Waals surface area contributed by atoms with Gasteiger partial charge in [-0.1, -0.05) is 17.7 Å². The zero-order valence-corrected chi connectivity index (χ0v) is 19.4. The third kappa shape index (κ3) is 4.06. The van der Waals surface area contributed by atoms with E-state index in [4.69, 9.17) is 16.6 Å². The number of rotatable bonds is 4. The monoisotopic (exact) mass is 467 g/mol. The normalized spacial score (nSPS) is 32.8. The smallest absolute Gasteiger partial charge is 0.270 e. The molecule has 4 bridgehead atoms. The fraction of sp³-hybridized carbons (Fsp3) is 0.560. The molecule has 8 heteroatoms. The van der Waals surface area contributed by atoms with Crippen molar-refractivity contribution in [2.45, 2.75) is 43.7 Å². The lowest BCUT2D eigenvalue weighted by molar-refractivity contribution is -0.136. The molecule has 0 spiro atoms. The highest BCUT2D eigenvalue weighted by atomic mass is 35.5. The van der Waals surface area contributed by atoms with Crippen LogP contribution in [0.25, 0.3) is 0 Å². The van der Waals surface area contributed by atoms with Crippen LogP contribution in [-0.2, 0) is 0 Å². The van der Waals surface area contributed by atoms with Gasteiger partial charge in [0.15, 0.2) is 0 Å². The van der Waals surface area contributed by atoms with Crippen LogP contribution in [0.2, 0.25) is 5.02 Å². The van der Waals surface area contributed by atoms with Crippen LogP contribution in [0, 0.1) is 17.8 Å². The molecule has 174 valence electrons. The van der Waals surface area contributed by atoms with Crippen molar-refractivity contribution in [2.75, 3.05) is 36.0 Å². The Morgan fingerprint density at radius 1 is 1.00 bits per heavy atom. The summed E-state index contributed by atoms with van der Waals surface area (Å²) in [5.74, 6) is 3.09. The van der Waals surface area contributed by atoms with E-state index in [1.807, 2.05) is 24.3 Å². The SMILES string of the molecule is O=C(NC1C2CC3CC1CC(O)(C3)C2)c1cccc(N2CCN(c3ccc(Cl)cn3)CC2)n1. The van der Waals surface area contributed by atoms with Crippen LogP contribution in [0.1, 0.15) is 42.6 Å². The Kier molecular flexibility index (Phi) is 5.22. The molecule has 2 N–H and O–H groups in total. The minimum absolute atomic E-state index is 0.0923. The summed E-state index contributed by atoms with van der Waals surface area (Å²) in [6.07, 6.45) is 6.53. The van der Waals surface area contributed by atoms with E-state index in [1.54, 1.807) is 12.3 Å². The second-order valence-corrected chi connectivity index (χ2v) is 10.8. The Bertz CT molecular complexity index is 1020. The van der Waals surface area contributed by atoms with Crippen LogP contribution in [0.5, 0.6) is 0 Å². The van der Waals surface area contributed by atoms with E-state index < -0.39 is 5.60 Å². The van der Waals surface area contributed by atoms with Gasteiger partial charge in [-0.15, -0.1) is 0 Å². The van der Waals surface area contributed by atoms with Gasteiger partial charge in [-0.25, -0.2) is 9.97 Å². The van der Waals surface area contributed by atoms with Crippen molar-refractivity contribution >= 4 is 29.1 Å². The minimum atomic E-state index is -0.487.